The molecule has 0 amide bonds. The standard InChI is InChI=1S/C8H20N2.BrH/c1-2-3-4-5-6-7-8-10-9;/h10H,2-9H2,1H3;1H. The van der Waals surface area contributed by atoms with Crippen molar-refractivity contribution >= 4 is 17.0 Å². The summed E-state index contributed by atoms with van der Waals surface area (Å²) in [4.78, 5) is 0. The molecule has 0 aromatic carbocycles. The minimum absolute atomic E-state index is 0. The lowest BCUT2D eigenvalue weighted by atomic mass is 10.1. The predicted octanol–water partition coefficient (Wildman–Crippen LogP) is 2.39. The SMILES string of the molecule is Br.CCCCCCCCNN. The van der Waals surface area contributed by atoms with Gasteiger partial charge in [0.15, 0.2) is 0 Å². The van der Waals surface area contributed by atoms with E-state index in [-0.39, 0.29) is 17.0 Å². The molecule has 0 aliphatic heterocycles. The van der Waals surface area contributed by atoms with E-state index in [1.54, 1.807) is 0 Å². The third kappa shape index (κ3) is 13.4. The van der Waals surface area contributed by atoms with E-state index in [1.165, 1.54) is 38.5 Å². The van der Waals surface area contributed by atoms with Crippen molar-refractivity contribution in [3.05, 3.63) is 0 Å². The number of hydrazine groups is 1. The van der Waals surface area contributed by atoms with Crippen LogP contribution in [0.2, 0.25) is 0 Å². The van der Waals surface area contributed by atoms with Gasteiger partial charge in [0.1, 0.15) is 0 Å². The van der Waals surface area contributed by atoms with Crippen LogP contribution in [0.3, 0.4) is 0 Å². The van der Waals surface area contributed by atoms with Gasteiger partial charge in [-0.2, -0.15) is 0 Å². The highest BCUT2D eigenvalue weighted by atomic mass is 79.9. The molecule has 0 rings (SSSR count). The lowest BCUT2D eigenvalue weighted by Gasteiger charge is -1.98. The fraction of sp³-hybridized carbons (Fsp3) is 1.00. The Bertz CT molecular complexity index is 52.1. The van der Waals surface area contributed by atoms with Crippen LogP contribution in [-0.4, -0.2) is 6.54 Å². The Morgan fingerprint density at radius 2 is 1.55 bits per heavy atom. The van der Waals surface area contributed by atoms with E-state index in [1.807, 2.05) is 0 Å². The molecule has 11 heavy (non-hydrogen) atoms. The van der Waals surface area contributed by atoms with E-state index < -0.39 is 0 Å². The van der Waals surface area contributed by atoms with Crippen LogP contribution in [0, 0.1) is 0 Å². The van der Waals surface area contributed by atoms with Gasteiger partial charge < -0.3 is 0 Å². The molecule has 3 N–H and O–H groups in total. The van der Waals surface area contributed by atoms with Crippen LogP contribution in [-0.2, 0) is 0 Å². The molecule has 70 valence electrons. The number of rotatable bonds is 7. The zero-order chi connectivity index (χ0) is 7.66. The second-order valence-corrected chi connectivity index (χ2v) is 2.72. The molecule has 0 unspecified atom stereocenters. The van der Waals surface area contributed by atoms with Crippen LogP contribution in [0.25, 0.3) is 0 Å². The summed E-state index contributed by atoms with van der Waals surface area (Å²) in [6, 6.07) is 0. The lowest BCUT2D eigenvalue weighted by molar-refractivity contribution is 0.581. The number of hydrogen-bond acceptors (Lipinski definition) is 2. The van der Waals surface area contributed by atoms with E-state index in [4.69, 9.17) is 5.84 Å². The van der Waals surface area contributed by atoms with Crippen molar-refractivity contribution in [1.82, 2.24) is 5.43 Å². The van der Waals surface area contributed by atoms with Crippen molar-refractivity contribution in [2.75, 3.05) is 6.54 Å². The maximum atomic E-state index is 5.12. The molecule has 0 saturated carbocycles. The second kappa shape index (κ2) is 13.0. The van der Waals surface area contributed by atoms with Gasteiger partial charge in [-0.25, -0.2) is 0 Å². The third-order valence-corrected chi connectivity index (χ3v) is 1.67. The first-order valence-corrected chi connectivity index (χ1v) is 4.35. The Morgan fingerprint density at radius 3 is 2.09 bits per heavy atom. The highest BCUT2D eigenvalue weighted by Crippen LogP contribution is 2.03. The van der Waals surface area contributed by atoms with E-state index >= 15 is 0 Å². The summed E-state index contributed by atoms with van der Waals surface area (Å²) >= 11 is 0. The zero-order valence-electron chi connectivity index (χ0n) is 7.44. The fourth-order valence-electron chi connectivity index (χ4n) is 1.01. The molecule has 0 spiro atoms. The van der Waals surface area contributed by atoms with Crippen LogP contribution in [0.1, 0.15) is 45.4 Å². The number of nitrogens with one attached hydrogen (secondary N) is 1. The smallest absolute Gasteiger partial charge is 0.00974 e. The summed E-state index contributed by atoms with van der Waals surface area (Å²) in [6.45, 7) is 3.20. The number of nitrogens with two attached hydrogens (primary N) is 1. The summed E-state index contributed by atoms with van der Waals surface area (Å²) < 4.78 is 0. The third-order valence-electron chi connectivity index (χ3n) is 1.67. The highest BCUT2D eigenvalue weighted by Gasteiger charge is 1.87. The van der Waals surface area contributed by atoms with Gasteiger partial charge in [0, 0.05) is 6.54 Å². The van der Waals surface area contributed by atoms with Gasteiger partial charge in [-0.3, -0.25) is 11.3 Å². The van der Waals surface area contributed by atoms with Gasteiger partial charge in [0.05, 0.1) is 0 Å². The molecular formula is C8H21BrN2. The average Bonchev–Trinajstić information content (AvgIpc) is 1.97. The summed E-state index contributed by atoms with van der Waals surface area (Å²) in [5.41, 5.74) is 2.66. The van der Waals surface area contributed by atoms with Crippen molar-refractivity contribution in [2.24, 2.45) is 5.84 Å². The molecule has 0 saturated heterocycles. The minimum Gasteiger partial charge on any atom is -0.271 e. The van der Waals surface area contributed by atoms with E-state index in [9.17, 15) is 0 Å². The van der Waals surface area contributed by atoms with E-state index in [0.717, 1.165) is 6.54 Å². The Kier molecular flexibility index (Phi) is 16.5. The molecule has 2 nitrogen and oxygen atoms in total. The first kappa shape index (κ1) is 14.0. The lowest BCUT2D eigenvalue weighted by Crippen LogP contribution is -2.22. The molecule has 0 atom stereocenters. The van der Waals surface area contributed by atoms with Crippen molar-refractivity contribution in [3.8, 4) is 0 Å². The number of halogens is 1. The average molecular weight is 225 g/mol. The van der Waals surface area contributed by atoms with Gasteiger partial charge in [-0.1, -0.05) is 39.0 Å². The number of hydrogen-bond donors (Lipinski definition) is 2. The van der Waals surface area contributed by atoms with Crippen LogP contribution in [0.4, 0.5) is 0 Å². The maximum absolute atomic E-state index is 5.12. The molecule has 0 aromatic heterocycles. The predicted molar refractivity (Wildman–Crippen MR) is 55.9 cm³/mol. The minimum atomic E-state index is 0. The van der Waals surface area contributed by atoms with Gasteiger partial charge in [0.2, 0.25) is 0 Å². The molecule has 0 bridgehead atoms. The Balaban J connectivity index is 0. The van der Waals surface area contributed by atoms with Crippen molar-refractivity contribution < 1.29 is 0 Å². The zero-order valence-corrected chi connectivity index (χ0v) is 9.15. The van der Waals surface area contributed by atoms with Gasteiger partial charge in [0.25, 0.3) is 0 Å². The quantitative estimate of drug-likeness (QED) is 0.396. The van der Waals surface area contributed by atoms with Crippen LogP contribution < -0.4 is 11.3 Å². The summed E-state index contributed by atoms with van der Waals surface area (Å²) in [5, 5.41) is 0. The molecule has 0 heterocycles. The maximum Gasteiger partial charge on any atom is 0.00974 e. The first-order valence-electron chi connectivity index (χ1n) is 4.35. The Morgan fingerprint density at radius 1 is 1.00 bits per heavy atom. The van der Waals surface area contributed by atoms with Gasteiger partial charge in [-0.05, 0) is 6.42 Å². The Labute approximate surface area is 80.7 Å². The van der Waals surface area contributed by atoms with Crippen molar-refractivity contribution in [3.63, 3.8) is 0 Å². The fourth-order valence-corrected chi connectivity index (χ4v) is 1.01. The van der Waals surface area contributed by atoms with Crippen molar-refractivity contribution in [1.29, 1.82) is 0 Å². The van der Waals surface area contributed by atoms with Gasteiger partial charge >= 0.3 is 0 Å². The monoisotopic (exact) mass is 224 g/mol. The first-order chi connectivity index (χ1) is 4.91. The van der Waals surface area contributed by atoms with Crippen molar-refractivity contribution in [2.45, 2.75) is 45.4 Å². The summed E-state index contributed by atoms with van der Waals surface area (Å²) in [5.74, 6) is 5.12. The van der Waals surface area contributed by atoms with Crippen LogP contribution in [0.15, 0.2) is 0 Å². The highest BCUT2D eigenvalue weighted by molar-refractivity contribution is 8.93. The van der Waals surface area contributed by atoms with Crippen LogP contribution >= 0.6 is 17.0 Å². The molecule has 0 fully saturated rings. The molecule has 0 aliphatic carbocycles. The number of unbranched alkanes of at least 4 members (excludes halogenated alkanes) is 5. The summed E-state index contributed by atoms with van der Waals surface area (Å²) in [6.07, 6.45) is 8.02. The summed E-state index contributed by atoms with van der Waals surface area (Å²) in [7, 11) is 0. The Hall–Kier alpha value is 0.400. The molecular weight excluding hydrogens is 204 g/mol. The largest absolute Gasteiger partial charge is 0.271 e. The second-order valence-electron chi connectivity index (χ2n) is 2.72. The molecule has 0 aromatic rings. The molecule has 0 radical (unpaired) electrons. The topological polar surface area (TPSA) is 38.0 Å². The van der Waals surface area contributed by atoms with E-state index in [2.05, 4.69) is 12.3 Å². The molecule has 0 aliphatic rings. The normalized spacial score (nSPS) is 9.27. The molecule has 3 heteroatoms. The van der Waals surface area contributed by atoms with E-state index in [0.29, 0.717) is 0 Å². The van der Waals surface area contributed by atoms with Gasteiger partial charge in [-0.15, -0.1) is 17.0 Å². The van der Waals surface area contributed by atoms with Crippen LogP contribution in [0.5, 0.6) is 0 Å².